The Balaban J connectivity index is 1.99. The lowest BCUT2D eigenvalue weighted by molar-refractivity contribution is -0.0696. The summed E-state index contributed by atoms with van der Waals surface area (Å²) < 4.78 is 0. The molecule has 1 saturated heterocycles. The Labute approximate surface area is 143 Å². The lowest BCUT2D eigenvalue weighted by Crippen LogP contribution is -2.54. The van der Waals surface area contributed by atoms with Crippen LogP contribution in [0, 0.1) is 5.92 Å². The van der Waals surface area contributed by atoms with Crippen molar-refractivity contribution >= 4 is 5.78 Å². The molecule has 0 radical (unpaired) electrons. The minimum atomic E-state index is -1.11. The second kappa shape index (κ2) is 6.88. The SMILES string of the molecule is CC(C)N1CC[C@@](O)(c2ccccc2)[C@@H](C(=O)c2ccccc2)C1. The fourth-order valence-corrected chi connectivity index (χ4v) is 3.61. The maximum Gasteiger partial charge on any atom is 0.170 e. The third-order valence-corrected chi connectivity index (χ3v) is 5.15. The van der Waals surface area contributed by atoms with Crippen LogP contribution in [0.4, 0.5) is 0 Å². The molecule has 24 heavy (non-hydrogen) atoms. The molecule has 0 bridgehead atoms. The van der Waals surface area contributed by atoms with E-state index >= 15 is 0 Å². The van der Waals surface area contributed by atoms with Crippen molar-refractivity contribution in [2.45, 2.75) is 31.9 Å². The average Bonchev–Trinajstić information content (AvgIpc) is 2.63. The first-order chi connectivity index (χ1) is 11.5. The van der Waals surface area contributed by atoms with Gasteiger partial charge in [-0.25, -0.2) is 0 Å². The van der Waals surface area contributed by atoms with E-state index in [-0.39, 0.29) is 5.78 Å². The molecule has 0 saturated carbocycles. The first-order valence-corrected chi connectivity index (χ1v) is 8.63. The highest BCUT2D eigenvalue weighted by Gasteiger charge is 2.47. The number of rotatable bonds is 4. The minimum absolute atomic E-state index is 0.0207. The van der Waals surface area contributed by atoms with Crippen molar-refractivity contribution in [2.75, 3.05) is 13.1 Å². The van der Waals surface area contributed by atoms with E-state index in [9.17, 15) is 9.90 Å². The molecule has 1 aliphatic heterocycles. The zero-order valence-electron chi connectivity index (χ0n) is 14.4. The van der Waals surface area contributed by atoms with Crippen molar-refractivity contribution in [3.8, 4) is 0 Å². The molecule has 1 heterocycles. The second-order valence-corrected chi connectivity index (χ2v) is 6.91. The van der Waals surface area contributed by atoms with Crippen LogP contribution in [0.15, 0.2) is 60.7 Å². The van der Waals surface area contributed by atoms with Gasteiger partial charge in [0.05, 0.1) is 5.92 Å². The normalized spacial score (nSPS) is 24.9. The Bertz CT molecular complexity index is 683. The van der Waals surface area contributed by atoms with E-state index in [1.165, 1.54) is 0 Å². The van der Waals surface area contributed by atoms with Crippen LogP contribution in [0.1, 0.15) is 36.2 Å². The van der Waals surface area contributed by atoms with Gasteiger partial charge in [-0.1, -0.05) is 60.7 Å². The van der Waals surface area contributed by atoms with Gasteiger partial charge in [-0.15, -0.1) is 0 Å². The molecule has 2 aromatic rings. The van der Waals surface area contributed by atoms with Gasteiger partial charge in [0.15, 0.2) is 5.78 Å². The average molecular weight is 323 g/mol. The maximum atomic E-state index is 13.2. The first kappa shape index (κ1) is 16.9. The van der Waals surface area contributed by atoms with Crippen LogP contribution in [0.2, 0.25) is 0 Å². The molecule has 0 unspecified atom stereocenters. The van der Waals surface area contributed by atoms with Crippen LogP contribution in [-0.4, -0.2) is 34.9 Å². The summed E-state index contributed by atoms with van der Waals surface area (Å²) in [6.45, 7) is 5.65. The summed E-state index contributed by atoms with van der Waals surface area (Å²) >= 11 is 0. The summed E-state index contributed by atoms with van der Waals surface area (Å²) in [6, 6.07) is 19.3. The van der Waals surface area contributed by atoms with Gasteiger partial charge in [0.25, 0.3) is 0 Å². The summed E-state index contributed by atoms with van der Waals surface area (Å²) in [5.74, 6) is -0.439. The van der Waals surface area contributed by atoms with Gasteiger partial charge in [0, 0.05) is 24.7 Å². The van der Waals surface area contributed by atoms with Crippen molar-refractivity contribution in [3.63, 3.8) is 0 Å². The smallest absolute Gasteiger partial charge is 0.170 e. The van der Waals surface area contributed by atoms with Crippen molar-refractivity contribution in [3.05, 3.63) is 71.8 Å². The molecule has 3 heteroatoms. The van der Waals surface area contributed by atoms with E-state index < -0.39 is 11.5 Å². The predicted octanol–water partition coefficient (Wildman–Crippen LogP) is 3.49. The summed E-state index contributed by atoms with van der Waals surface area (Å²) in [5, 5.41) is 11.5. The summed E-state index contributed by atoms with van der Waals surface area (Å²) in [7, 11) is 0. The van der Waals surface area contributed by atoms with E-state index in [1.807, 2.05) is 60.7 Å². The molecule has 0 spiro atoms. The second-order valence-electron chi connectivity index (χ2n) is 6.91. The number of nitrogens with zero attached hydrogens (tertiary/aromatic N) is 1. The molecule has 2 atom stereocenters. The van der Waals surface area contributed by atoms with Crippen molar-refractivity contribution in [2.24, 2.45) is 5.92 Å². The van der Waals surface area contributed by atoms with Gasteiger partial charge in [0.2, 0.25) is 0 Å². The number of benzene rings is 2. The van der Waals surface area contributed by atoms with Gasteiger partial charge < -0.3 is 5.11 Å². The summed E-state index contributed by atoms with van der Waals surface area (Å²) in [6.07, 6.45) is 0.568. The Morgan fingerprint density at radius 3 is 2.25 bits per heavy atom. The van der Waals surface area contributed by atoms with E-state index in [0.29, 0.717) is 24.6 Å². The number of Topliss-reactive ketones (excluding diaryl/α,β-unsaturated/α-hetero) is 1. The number of piperidine rings is 1. The number of ketones is 1. The molecule has 0 aromatic heterocycles. The molecule has 126 valence electrons. The summed E-state index contributed by atoms with van der Waals surface area (Å²) in [5.41, 5.74) is 0.393. The Morgan fingerprint density at radius 2 is 1.67 bits per heavy atom. The molecular weight excluding hydrogens is 298 g/mol. The number of aliphatic hydroxyl groups is 1. The maximum absolute atomic E-state index is 13.2. The van der Waals surface area contributed by atoms with E-state index in [1.54, 1.807) is 0 Å². The van der Waals surface area contributed by atoms with Crippen molar-refractivity contribution in [1.82, 2.24) is 4.90 Å². The molecule has 3 rings (SSSR count). The fourth-order valence-electron chi connectivity index (χ4n) is 3.61. The predicted molar refractivity (Wildman–Crippen MR) is 95.9 cm³/mol. The van der Waals surface area contributed by atoms with Crippen molar-refractivity contribution in [1.29, 1.82) is 0 Å². The Morgan fingerprint density at radius 1 is 1.08 bits per heavy atom. The monoisotopic (exact) mass is 323 g/mol. The molecule has 1 fully saturated rings. The standard InChI is InChI=1S/C21H25NO2/c1-16(2)22-14-13-21(24,18-11-7-4-8-12-18)19(15-22)20(23)17-9-5-3-6-10-17/h3-12,16,19,24H,13-15H2,1-2H3/t19-,21-/m1/s1. The largest absolute Gasteiger partial charge is 0.384 e. The minimum Gasteiger partial charge on any atom is -0.384 e. The van der Waals surface area contributed by atoms with Gasteiger partial charge in [-0.2, -0.15) is 0 Å². The fraction of sp³-hybridized carbons (Fsp3) is 0.381. The van der Waals surface area contributed by atoms with Crippen LogP contribution >= 0.6 is 0 Å². The van der Waals surface area contributed by atoms with E-state index in [0.717, 1.165) is 12.1 Å². The van der Waals surface area contributed by atoms with E-state index in [4.69, 9.17) is 0 Å². The number of hydrogen-bond acceptors (Lipinski definition) is 3. The van der Waals surface area contributed by atoms with Gasteiger partial charge in [-0.3, -0.25) is 9.69 Å². The molecule has 3 nitrogen and oxygen atoms in total. The van der Waals surface area contributed by atoms with Crippen LogP contribution in [0.5, 0.6) is 0 Å². The highest BCUT2D eigenvalue weighted by molar-refractivity contribution is 5.99. The Kier molecular flexibility index (Phi) is 4.83. The molecule has 2 aromatic carbocycles. The van der Waals surface area contributed by atoms with Crippen LogP contribution < -0.4 is 0 Å². The zero-order valence-corrected chi connectivity index (χ0v) is 14.4. The van der Waals surface area contributed by atoms with Gasteiger partial charge in [-0.05, 0) is 25.8 Å². The summed E-state index contributed by atoms with van der Waals surface area (Å²) in [4.78, 5) is 15.5. The topological polar surface area (TPSA) is 40.5 Å². The molecular formula is C21H25NO2. The lowest BCUT2D eigenvalue weighted by Gasteiger charge is -2.45. The highest BCUT2D eigenvalue weighted by atomic mass is 16.3. The Hall–Kier alpha value is -1.97. The number of carbonyl (C=O) groups is 1. The van der Waals surface area contributed by atoms with Crippen molar-refractivity contribution < 1.29 is 9.90 Å². The third-order valence-electron chi connectivity index (χ3n) is 5.15. The number of likely N-dealkylation sites (tertiary alicyclic amines) is 1. The van der Waals surface area contributed by atoms with Crippen LogP contribution in [0.25, 0.3) is 0 Å². The quantitative estimate of drug-likeness (QED) is 0.876. The highest BCUT2D eigenvalue weighted by Crippen LogP contribution is 2.39. The van der Waals surface area contributed by atoms with Crippen LogP contribution in [-0.2, 0) is 5.60 Å². The van der Waals surface area contributed by atoms with Crippen LogP contribution in [0.3, 0.4) is 0 Å². The van der Waals surface area contributed by atoms with Gasteiger partial charge >= 0.3 is 0 Å². The molecule has 0 amide bonds. The molecule has 1 N–H and O–H groups in total. The zero-order chi connectivity index (χ0) is 17.2. The number of hydrogen-bond donors (Lipinski definition) is 1. The van der Waals surface area contributed by atoms with Gasteiger partial charge in [0.1, 0.15) is 5.60 Å². The molecule has 0 aliphatic carbocycles. The third kappa shape index (κ3) is 3.14. The molecule has 1 aliphatic rings. The van der Waals surface area contributed by atoms with E-state index in [2.05, 4.69) is 18.7 Å². The first-order valence-electron chi connectivity index (χ1n) is 8.63. The number of carbonyl (C=O) groups excluding carboxylic acids is 1. The lowest BCUT2D eigenvalue weighted by atomic mass is 9.72.